The van der Waals surface area contributed by atoms with Gasteiger partial charge in [-0.2, -0.15) is 0 Å². The Morgan fingerprint density at radius 1 is 1.31 bits per heavy atom. The number of piperidine rings is 1. The largest absolute Gasteiger partial charge is 0.379 e. The molecule has 1 N–H and O–H groups in total. The second-order valence-corrected chi connectivity index (χ2v) is 4.69. The fraction of sp³-hybridized carbons (Fsp3) is 0.917. The van der Waals surface area contributed by atoms with E-state index in [1.807, 2.05) is 4.90 Å². The summed E-state index contributed by atoms with van der Waals surface area (Å²) in [4.78, 5) is 14.3. The summed E-state index contributed by atoms with van der Waals surface area (Å²) in [6.07, 6.45) is 3.58. The van der Waals surface area contributed by atoms with E-state index >= 15 is 0 Å². The molecule has 0 aliphatic carbocycles. The Balaban J connectivity index is 1.91. The Labute approximate surface area is 97.3 Å². The zero-order valence-electron chi connectivity index (χ0n) is 10.1. The first-order valence-electron chi connectivity index (χ1n) is 6.43. The van der Waals surface area contributed by atoms with Crippen LogP contribution in [0.15, 0.2) is 0 Å². The van der Waals surface area contributed by atoms with Crippen molar-refractivity contribution in [3.05, 3.63) is 0 Å². The summed E-state index contributed by atoms with van der Waals surface area (Å²) in [5.41, 5.74) is 0. The standard InChI is InChI=1S/C12H22N2O2/c1-2-13-11-9-16-8-10(11)12(15)14-6-4-3-5-7-14/h10-11,13H,2-9H2,1H3. The minimum Gasteiger partial charge on any atom is -0.379 e. The highest BCUT2D eigenvalue weighted by molar-refractivity contribution is 5.80. The molecule has 0 aromatic carbocycles. The van der Waals surface area contributed by atoms with Crippen molar-refractivity contribution in [3.8, 4) is 0 Å². The Kier molecular flexibility index (Phi) is 4.18. The number of ether oxygens (including phenoxy) is 1. The van der Waals surface area contributed by atoms with Gasteiger partial charge in [-0.3, -0.25) is 4.79 Å². The number of nitrogens with zero attached hydrogens (tertiary/aromatic N) is 1. The molecular weight excluding hydrogens is 204 g/mol. The lowest BCUT2D eigenvalue weighted by atomic mass is 10.00. The zero-order chi connectivity index (χ0) is 11.4. The summed E-state index contributed by atoms with van der Waals surface area (Å²) in [5, 5.41) is 3.34. The molecule has 16 heavy (non-hydrogen) atoms. The van der Waals surface area contributed by atoms with Crippen molar-refractivity contribution in [2.75, 3.05) is 32.8 Å². The number of hydrogen-bond acceptors (Lipinski definition) is 3. The molecule has 0 radical (unpaired) electrons. The number of hydrogen-bond donors (Lipinski definition) is 1. The number of likely N-dealkylation sites (N-methyl/N-ethyl adjacent to an activating group) is 1. The summed E-state index contributed by atoms with van der Waals surface area (Å²) < 4.78 is 5.42. The summed E-state index contributed by atoms with van der Waals surface area (Å²) in [6, 6.07) is 0.222. The third-order valence-corrected chi connectivity index (χ3v) is 3.53. The maximum atomic E-state index is 12.3. The molecule has 2 saturated heterocycles. The zero-order valence-corrected chi connectivity index (χ0v) is 10.1. The SMILES string of the molecule is CCNC1COCC1C(=O)N1CCCCC1. The van der Waals surface area contributed by atoms with Gasteiger partial charge < -0.3 is 15.0 Å². The van der Waals surface area contributed by atoms with E-state index in [1.165, 1.54) is 6.42 Å². The van der Waals surface area contributed by atoms with E-state index in [9.17, 15) is 4.79 Å². The monoisotopic (exact) mass is 226 g/mol. The van der Waals surface area contributed by atoms with E-state index in [0.717, 1.165) is 32.5 Å². The van der Waals surface area contributed by atoms with Crippen LogP contribution in [-0.2, 0) is 9.53 Å². The molecule has 2 fully saturated rings. The number of rotatable bonds is 3. The van der Waals surface area contributed by atoms with Gasteiger partial charge in [-0.1, -0.05) is 6.92 Å². The first kappa shape index (κ1) is 11.9. The summed E-state index contributed by atoms with van der Waals surface area (Å²) in [6.45, 7) is 6.12. The molecule has 2 aliphatic heterocycles. The van der Waals surface area contributed by atoms with E-state index < -0.39 is 0 Å². The van der Waals surface area contributed by atoms with Crippen molar-refractivity contribution in [2.45, 2.75) is 32.2 Å². The molecule has 2 heterocycles. The molecule has 2 atom stereocenters. The molecule has 0 saturated carbocycles. The van der Waals surface area contributed by atoms with Crippen LogP contribution in [-0.4, -0.2) is 49.7 Å². The van der Waals surface area contributed by atoms with Crippen LogP contribution in [0.1, 0.15) is 26.2 Å². The number of likely N-dealkylation sites (tertiary alicyclic amines) is 1. The fourth-order valence-electron chi connectivity index (χ4n) is 2.61. The van der Waals surface area contributed by atoms with E-state index in [1.54, 1.807) is 0 Å². The van der Waals surface area contributed by atoms with Gasteiger partial charge in [0.05, 0.1) is 19.1 Å². The Hall–Kier alpha value is -0.610. The van der Waals surface area contributed by atoms with Gasteiger partial charge in [0.25, 0.3) is 0 Å². The summed E-state index contributed by atoms with van der Waals surface area (Å²) in [7, 11) is 0. The number of amides is 1. The first-order valence-corrected chi connectivity index (χ1v) is 6.43. The highest BCUT2D eigenvalue weighted by atomic mass is 16.5. The molecule has 0 aromatic rings. The predicted octanol–water partition coefficient (Wildman–Crippen LogP) is 0.623. The molecule has 0 aromatic heterocycles. The number of carbonyl (C=O) groups excluding carboxylic acids is 1. The van der Waals surface area contributed by atoms with E-state index in [2.05, 4.69) is 12.2 Å². The average Bonchev–Trinajstić information content (AvgIpc) is 2.78. The minimum atomic E-state index is 0.0399. The normalized spacial score (nSPS) is 30.7. The molecule has 0 bridgehead atoms. The third-order valence-electron chi connectivity index (χ3n) is 3.53. The maximum absolute atomic E-state index is 12.3. The van der Waals surface area contributed by atoms with Crippen molar-refractivity contribution in [3.63, 3.8) is 0 Å². The third kappa shape index (κ3) is 2.55. The molecule has 4 heteroatoms. The smallest absolute Gasteiger partial charge is 0.229 e. The molecule has 2 aliphatic rings. The second-order valence-electron chi connectivity index (χ2n) is 4.69. The average molecular weight is 226 g/mol. The highest BCUT2D eigenvalue weighted by Gasteiger charge is 2.36. The van der Waals surface area contributed by atoms with Crippen LogP contribution in [0.4, 0.5) is 0 Å². The Morgan fingerprint density at radius 3 is 2.75 bits per heavy atom. The van der Waals surface area contributed by atoms with Crippen LogP contribution in [0.3, 0.4) is 0 Å². The molecule has 1 amide bonds. The van der Waals surface area contributed by atoms with Crippen molar-refractivity contribution in [2.24, 2.45) is 5.92 Å². The van der Waals surface area contributed by atoms with Crippen LogP contribution >= 0.6 is 0 Å². The van der Waals surface area contributed by atoms with Gasteiger partial charge in [0.2, 0.25) is 5.91 Å². The Bertz CT molecular complexity index is 239. The second kappa shape index (κ2) is 5.64. The Morgan fingerprint density at radius 2 is 2.06 bits per heavy atom. The maximum Gasteiger partial charge on any atom is 0.229 e. The van der Waals surface area contributed by atoms with Gasteiger partial charge in [0, 0.05) is 19.1 Å². The quantitative estimate of drug-likeness (QED) is 0.767. The van der Waals surface area contributed by atoms with Crippen molar-refractivity contribution >= 4 is 5.91 Å². The van der Waals surface area contributed by atoms with Crippen LogP contribution in [0.25, 0.3) is 0 Å². The van der Waals surface area contributed by atoms with E-state index in [-0.39, 0.29) is 12.0 Å². The van der Waals surface area contributed by atoms with E-state index in [0.29, 0.717) is 19.1 Å². The van der Waals surface area contributed by atoms with Gasteiger partial charge in [0.15, 0.2) is 0 Å². The fourth-order valence-corrected chi connectivity index (χ4v) is 2.61. The lowest BCUT2D eigenvalue weighted by molar-refractivity contribution is -0.136. The summed E-state index contributed by atoms with van der Waals surface area (Å²) >= 11 is 0. The van der Waals surface area contributed by atoms with Crippen molar-refractivity contribution < 1.29 is 9.53 Å². The van der Waals surface area contributed by atoms with Gasteiger partial charge in [-0.15, -0.1) is 0 Å². The van der Waals surface area contributed by atoms with Crippen LogP contribution < -0.4 is 5.32 Å². The molecule has 2 rings (SSSR count). The predicted molar refractivity (Wildman–Crippen MR) is 62.2 cm³/mol. The topological polar surface area (TPSA) is 41.6 Å². The molecule has 0 spiro atoms. The highest BCUT2D eigenvalue weighted by Crippen LogP contribution is 2.19. The lowest BCUT2D eigenvalue weighted by Crippen LogP contribution is -2.47. The van der Waals surface area contributed by atoms with Gasteiger partial charge >= 0.3 is 0 Å². The summed E-state index contributed by atoms with van der Waals surface area (Å²) in [5.74, 6) is 0.334. The molecule has 4 nitrogen and oxygen atoms in total. The first-order chi connectivity index (χ1) is 7.83. The van der Waals surface area contributed by atoms with Gasteiger partial charge in [0.1, 0.15) is 0 Å². The molecule has 2 unspecified atom stereocenters. The van der Waals surface area contributed by atoms with Crippen molar-refractivity contribution in [1.29, 1.82) is 0 Å². The number of carbonyl (C=O) groups is 1. The van der Waals surface area contributed by atoms with Crippen LogP contribution in [0.2, 0.25) is 0 Å². The van der Waals surface area contributed by atoms with Gasteiger partial charge in [-0.25, -0.2) is 0 Å². The lowest BCUT2D eigenvalue weighted by Gasteiger charge is -2.30. The van der Waals surface area contributed by atoms with E-state index in [4.69, 9.17) is 4.74 Å². The van der Waals surface area contributed by atoms with Crippen molar-refractivity contribution in [1.82, 2.24) is 10.2 Å². The van der Waals surface area contributed by atoms with Crippen LogP contribution in [0, 0.1) is 5.92 Å². The molecular formula is C12H22N2O2. The molecule has 92 valence electrons. The van der Waals surface area contributed by atoms with Gasteiger partial charge in [-0.05, 0) is 25.8 Å². The van der Waals surface area contributed by atoms with Crippen LogP contribution in [0.5, 0.6) is 0 Å². The number of nitrogens with one attached hydrogen (secondary N) is 1. The minimum absolute atomic E-state index is 0.0399.